The largest absolute Gasteiger partial charge is 0.336 e. The van der Waals surface area contributed by atoms with Gasteiger partial charge in [0.05, 0.1) is 16.1 Å². The average molecular weight is 352 g/mol. The molecule has 0 spiro atoms. The van der Waals surface area contributed by atoms with Gasteiger partial charge in [-0.15, -0.1) is 0 Å². The minimum absolute atomic E-state index is 0.0933. The molecular weight excluding hydrogens is 333 g/mol. The first kappa shape index (κ1) is 17.6. The highest BCUT2D eigenvalue weighted by Gasteiger charge is 2.15. The molecule has 2 aromatic carbocycles. The molecule has 0 bridgehead atoms. The van der Waals surface area contributed by atoms with Crippen LogP contribution in [-0.4, -0.2) is 31.6 Å². The van der Waals surface area contributed by atoms with Gasteiger partial charge in [-0.1, -0.05) is 53.5 Å². The number of hydrogen-bond acceptors (Lipinski definition) is 2. The summed E-state index contributed by atoms with van der Waals surface area (Å²) in [6, 6.07) is 14.8. The fraction of sp³-hybridized carbons (Fsp3) is 0.235. The van der Waals surface area contributed by atoms with E-state index in [4.69, 9.17) is 23.2 Å². The van der Waals surface area contributed by atoms with Gasteiger partial charge in [0.1, 0.15) is 0 Å². The van der Waals surface area contributed by atoms with Crippen molar-refractivity contribution in [2.75, 3.05) is 26.0 Å². The van der Waals surface area contributed by atoms with Crippen LogP contribution < -0.4 is 10.6 Å². The van der Waals surface area contributed by atoms with E-state index in [9.17, 15) is 4.79 Å². The molecule has 0 heterocycles. The second-order valence-corrected chi connectivity index (χ2v) is 6.17. The second kappa shape index (κ2) is 8.20. The van der Waals surface area contributed by atoms with Gasteiger partial charge in [-0.25, -0.2) is 4.79 Å². The summed E-state index contributed by atoms with van der Waals surface area (Å²) in [5, 5.41) is 6.48. The first-order chi connectivity index (χ1) is 11.0. The molecule has 0 radical (unpaired) electrons. The first-order valence-electron chi connectivity index (χ1n) is 7.18. The van der Waals surface area contributed by atoms with E-state index in [1.807, 2.05) is 44.4 Å². The lowest BCUT2D eigenvalue weighted by molar-refractivity contribution is 0.243. The highest BCUT2D eigenvalue weighted by Crippen LogP contribution is 2.25. The third-order valence-corrected chi connectivity index (χ3v) is 4.18. The number of halogens is 2. The molecule has 2 aromatic rings. The molecule has 0 aromatic heterocycles. The van der Waals surface area contributed by atoms with Gasteiger partial charge in [0.2, 0.25) is 0 Å². The Hall–Kier alpha value is -1.75. The normalized spacial score (nSPS) is 12.0. The van der Waals surface area contributed by atoms with Crippen molar-refractivity contribution >= 4 is 34.9 Å². The highest BCUT2D eigenvalue weighted by molar-refractivity contribution is 6.42. The van der Waals surface area contributed by atoms with Crippen LogP contribution in [0.3, 0.4) is 0 Å². The summed E-state index contributed by atoms with van der Waals surface area (Å²) in [6.45, 7) is 0.490. The molecule has 4 nitrogen and oxygen atoms in total. The van der Waals surface area contributed by atoms with Gasteiger partial charge in [0.15, 0.2) is 0 Å². The number of nitrogens with one attached hydrogen (secondary N) is 2. The molecule has 1 atom stereocenters. The van der Waals surface area contributed by atoms with Gasteiger partial charge in [0, 0.05) is 12.2 Å². The monoisotopic (exact) mass is 351 g/mol. The summed E-state index contributed by atoms with van der Waals surface area (Å²) >= 11 is 11.8. The van der Waals surface area contributed by atoms with Gasteiger partial charge >= 0.3 is 6.03 Å². The molecule has 2 N–H and O–H groups in total. The molecular formula is C17H19Cl2N3O. The van der Waals surface area contributed by atoms with Crippen molar-refractivity contribution < 1.29 is 4.79 Å². The Balaban J connectivity index is 1.95. The number of anilines is 1. The van der Waals surface area contributed by atoms with Gasteiger partial charge in [-0.2, -0.15) is 0 Å². The van der Waals surface area contributed by atoms with E-state index >= 15 is 0 Å². The molecule has 0 saturated carbocycles. The summed E-state index contributed by atoms with van der Waals surface area (Å²) in [7, 11) is 3.96. The van der Waals surface area contributed by atoms with Crippen LogP contribution in [0.1, 0.15) is 11.6 Å². The standard InChI is InChI=1S/C17H19Cl2N3O/c1-22(2)16(12-6-4-3-5-7-12)11-20-17(23)21-13-8-9-14(18)15(19)10-13/h3-10,16H,11H2,1-2H3,(H2,20,21,23). The maximum Gasteiger partial charge on any atom is 0.319 e. The second-order valence-electron chi connectivity index (χ2n) is 5.35. The van der Waals surface area contributed by atoms with Crippen LogP contribution in [0.5, 0.6) is 0 Å². The Morgan fingerprint density at radius 1 is 1.09 bits per heavy atom. The highest BCUT2D eigenvalue weighted by atomic mass is 35.5. The molecule has 6 heteroatoms. The quantitative estimate of drug-likeness (QED) is 0.837. The van der Waals surface area contributed by atoms with Crippen LogP contribution in [0, 0.1) is 0 Å². The number of urea groups is 1. The Morgan fingerprint density at radius 2 is 1.78 bits per heavy atom. The number of carbonyl (C=O) groups is 1. The molecule has 0 saturated heterocycles. The van der Waals surface area contributed by atoms with E-state index in [0.29, 0.717) is 22.3 Å². The van der Waals surface area contributed by atoms with Crippen LogP contribution in [0.2, 0.25) is 10.0 Å². The number of hydrogen-bond donors (Lipinski definition) is 2. The minimum atomic E-state index is -0.286. The average Bonchev–Trinajstić information content (AvgIpc) is 2.52. The fourth-order valence-electron chi connectivity index (χ4n) is 2.21. The molecule has 0 aliphatic carbocycles. The van der Waals surface area contributed by atoms with E-state index in [1.54, 1.807) is 18.2 Å². The van der Waals surface area contributed by atoms with Crippen molar-refractivity contribution in [3.05, 3.63) is 64.1 Å². The first-order valence-corrected chi connectivity index (χ1v) is 7.94. The van der Waals surface area contributed by atoms with Gasteiger partial charge < -0.3 is 15.5 Å². The van der Waals surface area contributed by atoms with Crippen LogP contribution in [0.15, 0.2) is 48.5 Å². The lowest BCUT2D eigenvalue weighted by atomic mass is 10.1. The van der Waals surface area contributed by atoms with Crippen LogP contribution >= 0.6 is 23.2 Å². The maximum absolute atomic E-state index is 12.1. The molecule has 0 aliphatic rings. The van der Waals surface area contributed by atoms with Crippen molar-refractivity contribution in [3.8, 4) is 0 Å². The fourth-order valence-corrected chi connectivity index (χ4v) is 2.51. The Morgan fingerprint density at radius 3 is 2.39 bits per heavy atom. The van der Waals surface area contributed by atoms with E-state index in [0.717, 1.165) is 5.56 Å². The zero-order chi connectivity index (χ0) is 16.8. The topological polar surface area (TPSA) is 44.4 Å². The molecule has 23 heavy (non-hydrogen) atoms. The minimum Gasteiger partial charge on any atom is -0.336 e. The van der Waals surface area contributed by atoms with E-state index < -0.39 is 0 Å². The predicted octanol–water partition coefficient (Wildman–Crippen LogP) is 4.42. The Bertz CT molecular complexity index is 662. The molecule has 2 amide bonds. The summed E-state index contributed by atoms with van der Waals surface area (Å²) in [5.41, 5.74) is 1.74. The molecule has 0 fully saturated rings. The van der Waals surface area contributed by atoms with Gasteiger partial charge in [-0.3, -0.25) is 0 Å². The van der Waals surface area contributed by atoms with E-state index in [-0.39, 0.29) is 12.1 Å². The third-order valence-electron chi connectivity index (χ3n) is 3.44. The summed E-state index contributed by atoms with van der Waals surface area (Å²) in [4.78, 5) is 14.1. The predicted molar refractivity (Wildman–Crippen MR) is 96.4 cm³/mol. The van der Waals surface area contributed by atoms with Gasteiger partial charge in [0.25, 0.3) is 0 Å². The number of amides is 2. The van der Waals surface area contributed by atoms with Crippen LogP contribution in [-0.2, 0) is 0 Å². The molecule has 1 unspecified atom stereocenters. The zero-order valence-corrected chi connectivity index (χ0v) is 14.5. The van der Waals surface area contributed by atoms with Crippen molar-refractivity contribution in [2.45, 2.75) is 6.04 Å². The smallest absolute Gasteiger partial charge is 0.319 e. The number of carbonyl (C=O) groups excluding carboxylic acids is 1. The van der Waals surface area contributed by atoms with Crippen molar-refractivity contribution in [1.82, 2.24) is 10.2 Å². The molecule has 2 rings (SSSR count). The number of rotatable bonds is 5. The third kappa shape index (κ3) is 5.13. The number of likely N-dealkylation sites (N-methyl/N-ethyl adjacent to an activating group) is 1. The Kier molecular flexibility index (Phi) is 6.28. The zero-order valence-electron chi connectivity index (χ0n) is 13.0. The SMILES string of the molecule is CN(C)C(CNC(=O)Nc1ccc(Cl)c(Cl)c1)c1ccccc1. The van der Waals surface area contributed by atoms with Crippen LogP contribution in [0.4, 0.5) is 10.5 Å². The van der Waals surface area contributed by atoms with Gasteiger partial charge in [-0.05, 0) is 37.9 Å². The van der Waals surface area contributed by atoms with Crippen molar-refractivity contribution in [1.29, 1.82) is 0 Å². The summed E-state index contributed by atoms with van der Waals surface area (Å²) < 4.78 is 0. The number of nitrogens with zero attached hydrogens (tertiary/aromatic N) is 1. The lowest BCUT2D eigenvalue weighted by Gasteiger charge is -2.25. The molecule has 122 valence electrons. The van der Waals surface area contributed by atoms with E-state index in [2.05, 4.69) is 15.5 Å². The molecule has 0 aliphatic heterocycles. The summed E-state index contributed by atoms with van der Waals surface area (Å²) in [5.74, 6) is 0. The van der Waals surface area contributed by atoms with Crippen molar-refractivity contribution in [2.24, 2.45) is 0 Å². The summed E-state index contributed by atoms with van der Waals surface area (Å²) in [6.07, 6.45) is 0. The lowest BCUT2D eigenvalue weighted by Crippen LogP contribution is -2.36. The van der Waals surface area contributed by atoms with E-state index in [1.165, 1.54) is 0 Å². The number of benzene rings is 2. The Labute approximate surface area is 146 Å². The maximum atomic E-state index is 12.1. The van der Waals surface area contributed by atoms with Crippen LogP contribution in [0.25, 0.3) is 0 Å². The van der Waals surface area contributed by atoms with Crippen molar-refractivity contribution in [3.63, 3.8) is 0 Å².